The van der Waals surface area contributed by atoms with E-state index in [1.165, 1.54) is 4.31 Å². The lowest BCUT2D eigenvalue weighted by atomic mass is 10.1. The van der Waals surface area contributed by atoms with Crippen molar-refractivity contribution in [2.24, 2.45) is 0 Å². The maximum absolute atomic E-state index is 13.8. The van der Waals surface area contributed by atoms with Gasteiger partial charge in [-0.05, 0) is 44.4 Å². The van der Waals surface area contributed by atoms with Crippen LogP contribution >= 0.6 is 15.9 Å². The molecule has 9 heteroatoms. The Morgan fingerprint density at radius 3 is 2.18 bits per heavy atom. The van der Waals surface area contributed by atoms with Crippen LogP contribution < -0.4 is 0 Å². The summed E-state index contributed by atoms with van der Waals surface area (Å²) in [5.41, 5.74) is 3.32. The molecule has 0 aliphatic heterocycles. The number of sulfonamides is 1. The molecule has 33 heavy (non-hydrogen) atoms. The average molecular weight is 557 g/mol. The fourth-order valence-electron chi connectivity index (χ4n) is 3.59. The summed E-state index contributed by atoms with van der Waals surface area (Å²) in [6.07, 6.45) is 6.27. The highest BCUT2D eigenvalue weighted by Gasteiger charge is 2.30. The molecule has 0 fully saturated rings. The molecule has 0 aromatic heterocycles. The highest BCUT2D eigenvalue weighted by Crippen LogP contribution is 2.27. The summed E-state index contributed by atoms with van der Waals surface area (Å²) in [6.45, 7) is 7.19. The molecule has 0 N–H and O–H groups in total. The second-order valence-corrected chi connectivity index (χ2v) is 12.4. The normalized spacial score (nSPS) is 14.2. The van der Waals surface area contributed by atoms with Gasteiger partial charge in [-0.15, -0.1) is 0 Å². The fourth-order valence-corrected chi connectivity index (χ4v) is 6.52. The molecule has 0 spiro atoms. The van der Waals surface area contributed by atoms with E-state index in [-0.39, 0.29) is 18.0 Å². The van der Waals surface area contributed by atoms with Crippen molar-refractivity contribution in [2.75, 3.05) is 19.4 Å². The Kier molecular flexibility index (Phi) is 9.63. The maximum atomic E-state index is 13.8. The molecule has 0 radical (unpaired) electrons. The molecule has 0 amide bonds. The minimum absolute atomic E-state index is 0.134. The second-order valence-electron chi connectivity index (χ2n) is 7.94. The number of benzene rings is 2. The first-order valence-corrected chi connectivity index (χ1v) is 14.4. The van der Waals surface area contributed by atoms with Crippen LogP contribution in [0.25, 0.3) is 6.08 Å². The first-order chi connectivity index (χ1) is 15.3. The predicted molar refractivity (Wildman–Crippen MR) is 137 cm³/mol. The van der Waals surface area contributed by atoms with E-state index in [0.29, 0.717) is 15.6 Å². The Balaban J connectivity index is 2.44. The number of aryl methyl sites for hydroxylation is 3. The molecule has 6 nitrogen and oxygen atoms in total. The number of halogens is 1. The quantitative estimate of drug-likeness (QED) is 0.387. The molecule has 180 valence electrons. The van der Waals surface area contributed by atoms with E-state index in [2.05, 4.69) is 15.9 Å². The van der Waals surface area contributed by atoms with Gasteiger partial charge in [-0.1, -0.05) is 82.2 Å². The molecule has 0 bridgehead atoms. The second kappa shape index (κ2) is 11.6. The van der Waals surface area contributed by atoms with E-state index in [1.807, 2.05) is 55.5 Å². The van der Waals surface area contributed by atoms with Gasteiger partial charge in [-0.25, -0.2) is 8.42 Å². The van der Waals surface area contributed by atoms with E-state index < -0.39 is 26.2 Å². The lowest BCUT2D eigenvalue weighted by Crippen LogP contribution is -2.38. The fraction of sp³-hybridized carbons (Fsp3) is 0.333. The molecular weight excluding hydrogens is 526 g/mol. The molecular formula is C24H30BrNO5S2. The zero-order chi connectivity index (χ0) is 24.8. The summed E-state index contributed by atoms with van der Waals surface area (Å²) in [5, 5.41) is 0. The Hall–Kier alpha value is -1.78. The molecule has 0 aliphatic rings. The van der Waals surface area contributed by atoms with Crippen LogP contribution in [0.15, 0.2) is 64.0 Å². The van der Waals surface area contributed by atoms with Crippen molar-refractivity contribution >= 4 is 42.1 Å². The van der Waals surface area contributed by atoms with Gasteiger partial charge in [0, 0.05) is 17.1 Å². The van der Waals surface area contributed by atoms with Crippen molar-refractivity contribution in [3.8, 4) is 0 Å². The molecule has 2 aromatic carbocycles. The lowest BCUT2D eigenvalue weighted by molar-refractivity contribution is 0.356. The van der Waals surface area contributed by atoms with Crippen molar-refractivity contribution in [3.05, 3.63) is 81.4 Å². The van der Waals surface area contributed by atoms with Crippen LogP contribution in [0.5, 0.6) is 0 Å². The number of rotatable bonds is 10. The van der Waals surface area contributed by atoms with Crippen molar-refractivity contribution in [1.29, 1.82) is 0 Å². The molecule has 0 aliphatic carbocycles. The van der Waals surface area contributed by atoms with Gasteiger partial charge in [0.05, 0.1) is 17.8 Å². The van der Waals surface area contributed by atoms with Gasteiger partial charge in [-0.2, -0.15) is 12.7 Å². The van der Waals surface area contributed by atoms with Crippen molar-refractivity contribution < 1.29 is 21.0 Å². The average Bonchev–Trinajstić information content (AvgIpc) is 2.68. The SMILES string of the molecule is Cc1cc(C)c(S(=O)(=O)N(C/C=C/c2ccccc2)[C@@H](C)/C=C(\Br)COS(C)(=O)=O)c(C)c1. The van der Waals surface area contributed by atoms with E-state index in [1.54, 1.807) is 32.9 Å². The van der Waals surface area contributed by atoms with E-state index in [9.17, 15) is 16.8 Å². The molecule has 0 saturated carbocycles. The van der Waals surface area contributed by atoms with Crippen LogP contribution in [-0.4, -0.2) is 46.6 Å². The number of hydrogen-bond donors (Lipinski definition) is 0. The Bertz CT molecular complexity index is 1210. The third kappa shape index (κ3) is 8.19. The molecule has 2 aromatic rings. The number of nitrogens with zero attached hydrogens (tertiary/aromatic N) is 1. The molecule has 0 unspecified atom stereocenters. The number of hydrogen-bond acceptors (Lipinski definition) is 5. The van der Waals surface area contributed by atoms with Gasteiger partial charge in [0.15, 0.2) is 0 Å². The highest BCUT2D eigenvalue weighted by atomic mass is 79.9. The van der Waals surface area contributed by atoms with Crippen LogP contribution in [0.3, 0.4) is 0 Å². The zero-order valence-electron chi connectivity index (χ0n) is 19.4. The zero-order valence-corrected chi connectivity index (χ0v) is 22.7. The van der Waals surface area contributed by atoms with Crippen LogP contribution in [0.1, 0.15) is 29.2 Å². The standard InChI is InChI=1S/C24H30BrNO5S2/c1-18-14-19(2)24(20(3)15-18)33(29,30)26(13-9-12-22-10-7-6-8-11-22)21(4)16-23(25)17-31-32(5,27)28/h6-12,14-16,21H,13,17H2,1-5H3/b12-9+,23-16-/t21-/m0/s1. The molecule has 0 heterocycles. The van der Waals surface area contributed by atoms with Crippen LogP contribution in [0.2, 0.25) is 0 Å². The van der Waals surface area contributed by atoms with Gasteiger partial charge in [0.2, 0.25) is 10.0 Å². The smallest absolute Gasteiger partial charge is 0.264 e. The Labute approximate surface area is 206 Å². The Morgan fingerprint density at radius 1 is 1.06 bits per heavy atom. The van der Waals surface area contributed by atoms with Crippen LogP contribution in [0, 0.1) is 20.8 Å². The minimum atomic E-state index is -3.86. The van der Waals surface area contributed by atoms with Gasteiger partial charge < -0.3 is 0 Å². The van der Waals surface area contributed by atoms with Gasteiger partial charge in [-0.3, -0.25) is 4.18 Å². The van der Waals surface area contributed by atoms with E-state index >= 15 is 0 Å². The van der Waals surface area contributed by atoms with Gasteiger partial charge in [0.25, 0.3) is 10.1 Å². The third-order valence-corrected chi connectivity index (χ3v) is 8.15. The predicted octanol–water partition coefficient (Wildman–Crippen LogP) is 4.96. The molecule has 0 saturated heterocycles. The summed E-state index contributed by atoms with van der Waals surface area (Å²) in [6, 6.07) is 12.8. The summed E-state index contributed by atoms with van der Waals surface area (Å²) < 4.78 is 56.8. The molecule has 1 atom stereocenters. The first kappa shape index (κ1) is 27.5. The van der Waals surface area contributed by atoms with Crippen molar-refractivity contribution in [2.45, 2.75) is 38.6 Å². The lowest BCUT2D eigenvalue weighted by Gasteiger charge is -2.27. The Morgan fingerprint density at radius 2 is 1.64 bits per heavy atom. The summed E-state index contributed by atoms with van der Waals surface area (Å²) in [7, 11) is -7.48. The topological polar surface area (TPSA) is 80.8 Å². The van der Waals surface area contributed by atoms with E-state index in [0.717, 1.165) is 17.4 Å². The van der Waals surface area contributed by atoms with Crippen molar-refractivity contribution in [3.63, 3.8) is 0 Å². The van der Waals surface area contributed by atoms with Gasteiger partial charge >= 0.3 is 0 Å². The summed E-state index contributed by atoms with van der Waals surface area (Å²) in [5.74, 6) is 0. The van der Waals surface area contributed by atoms with Crippen molar-refractivity contribution in [1.82, 2.24) is 4.31 Å². The third-order valence-electron chi connectivity index (χ3n) is 4.85. The van der Waals surface area contributed by atoms with Gasteiger partial charge in [0.1, 0.15) is 0 Å². The largest absolute Gasteiger partial charge is 0.265 e. The molecule has 2 rings (SSSR count). The maximum Gasteiger partial charge on any atom is 0.264 e. The monoisotopic (exact) mass is 555 g/mol. The minimum Gasteiger partial charge on any atom is -0.265 e. The van der Waals surface area contributed by atoms with Crippen LogP contribution in [-0.2, 0) is 24.3 Å². The first-order valence-electron chi connectivity index (χ1n) is 10.3. The van der Waals surface area contributed by atoms with E-state index in [4.69, 9.17) is 4.18 Å². The summed E-state index contributed by atoms with van der Waals surface area (Å²) >= 11 is 3.30. The summed E-state index contributed by atoms with van der Waals surface area (Å²) in [4.78, 5) is 0.282. The highest BCUT2D eigenvalue weighted by molar-refractivity contribution is 9.11. The van der Waals surface area contributed by atoms with Crippen LogP contribution in [0.4, 0.5) is 0 Å².